The third-order valence-corrected chi connectivity index (χ3v) is 3.86. The molecular formula is C13H15F2N3. The summed E-state index contributed by atoms with van der Waals surface area (Å²) in [7, 11) is 0. The van der Waals surface area contributed by atoms with E-state index in [0.29, 0.717) is 12.8 Å². The summed E-state index contributed by atoms with van der Waals surface area (Å²) in [6.07, 6.45) is 3.83. The number of hydrogen-bond acceptors (Lipinski definition) is 2. The molecular weight excluding hydrogens is 236 g/mol. The molecule has 2 aromatic heterocycles. The van der Waals surface area contributed by atoms with Crippen LogP contribution in [0.1, 0.15) is 31.2 Å². The van der Waals surface area contributed by atoms with E-state index in [-0.39, 0.29) is 12.8 Å². The highest BCUT2D eigenvalue weighted by Crippen LogP contribution is 2.43. The van der Waals surface area contributed by atoms with Crippen molar-refractivity contribution < 1.29 is 8.78 Å². The third-order valence-electron chi connectivity index (χ3n) is 3.86. The molecule has 0 amide bonds. The Morgan fingerprint density at radius 2 is 1.94 bits per heavy atom. The van der Waals surface area contributed by atoms with Gasteiger partial charge in [0.15, 0.2) is 0 Å². The van der Waals surface area contributed by atoms with Gasteiger partial charge in [-0.25, -0.2) is 13.8 Å². The summed E-state index contributed by atoms with van der Waals surface area (Å²) in [5, 5.41) is 0.935. The van der Waals surface area contributed by atoms with Crippen LogP contribution in [0, 0.1) is 0 Å². The van der Waals surface area contributed by atoms with E-state index in [0.717, 1.165) is 16.6 Å². The van der Waals surface area contributed by atoms with Gasteiger partial charge in [0.25, 0.3) is 0 Å². The van der Waals surface area contributed by atoms with E-state index in [1.807, 2.05) is 12.1 Å². The van der Waals surface area contributed by atoms with Gasteiger partial charge in [0.1, 0.15) is 5.65 Å². The molecule has 0 bridgehead atoms. The van der Waals surface area contributed by atoms with Gasteiger partial charge in [-0.05, 0) is 30.5 Å². The summed E-state index contributed by atoms with van der Waals surface area (Å²) in [5.74, 6) is -2.56. The number of aromatic nitrogens is 2. The summed E-state index contributed by atoms with van der Waals surface area (Å²) >= 11 is 0. The van der Waals surface area contributed by atoms with Crippen LogP contribution < -0.4 is 5.73 Å². The molecule has 0 saturated heterocycles. The second-order valence-electron chi connectivity index (χ2n) is 5.11. The lowest BCUT2D eigenvalue weighted by Crippen LogP contribution is -2.43. The summed E-state index contributed by atoms with van der Waals surface area (Å²) in [6.45, 7) is 0. The maximum atomic E-state index is 13.2. The van der Waals surface area contributed by atoms with Gasteiger partial charge in [-0.1, -0.05) is 0 Å². The van der Waals surface area contributed by atoms with E-state index in [9.17, 15) is 8.78 Å². The van der Waals surface area contributed by atoms with Crippen molar-refractivity contribution >= 4 is 11.0 Å². The van der Waals surface area contributed by atoms with Crippen molar-refractivity contribution in [3.8, 4) is 0 Å². The van der Waals surface area contributed by atoms with Crippen LogP contribution in [-0.4, -0.2) is 15.9 Å². The van der Waals surface area contributed by atoms with Crippen molar-refractivity contribution in [2.24, 2.45) is 5.73 Å². The summed E-state index contributed by atoms with van der Waals surface area (Å²) < 4.78 is 26.5. The van der Waals surface area contributed by atoms with Crippen LogP contribution >= 0.6 is 0 Å². The SMILES string of the molecule is NC1(c2c[nH]c3ncccc23)CCC(F)(F)CC1. The number of alkyl halides is 2. The molecule has 0 aliphatic heterocycles. The summed E-state index contributed by atoms with van der Waals surface area (Å²) in [5.41, 5.74) is 7.33. The third kappa shape index (κ3) is 1.79. The molecule has 2 aromatic rings. The Hall–Kier alpha value is -1.49. The minimum absolute atomic E-state index is 0.142. The largest absolute Gasteiger partial charge is 0.346 e. The lowest BCUT2D eigenvalue weighted by molar-refractivity contribution is -0.0512. The first-order valence-electron chi connectivity index (χ1n) is 6.10. The second-order valence-corrected chi connectivity index (χ2v) is 5.11. The Bertz CT molecular complexity index is 566. The van der Waals surface area contributed by atoms with Crippen molar-refractivity contribution in [3.63, 3.8) is 0 Å². The van der Waals surface area contributed by atoms with Gasteiger partial charge in [-0.15, -0.1) is 0 Å². The number of hydrogen-bond donors (Lipinski definition) is 2. The smallest absolute Gasteiger partial charge is 0.248 e. The van der Waals surface area contributed by atoms with Gasteiger partial charge in [0, 0.05) is 36.2 Å². The molecule has 3 rings (SSSR count). The number of aromatic amines is 1. The molecule has 5 heteroatoms. The highest BCUT2D eigenvalue weighted by molar-refractivity contribution is 5.80. The summed E-state index contributed by atoms with van der Waals surface area (Å²) in [6, 6.07) is 3.76. The Balaban J connectivity index is 1.99. The number of H-pyrrole nitrogens is 1. The van der Waals surface area contributed by atoms with Crippen molar-refractivity contribution in [1.29, 1.82) is 0 Å². The predicted octanol–water partition coefficient (Wildman–Crippen LogP) is 2.93. The molecule has 0 atom stereocenters. The first-order valence-corrected chi connectivity index (χ1v) is 6.10. The number of rotatable bonds is 1. The standard InChI is InChI=1S/C13H15F2N3/c14-13(15)5-3-12(16,4-6-13)10-8-18-11-9(10)2-1-7-17-11/h1-2,7-8H,3-6,16H2,(H,17,18). The molecule has 2 heterocycles. The van der Waals surface area contributed by atoms with Crippen LogP contribution in [0.3, 0.4) is 0 Å². The van der Waals surface area contributed by atoms with E-state index >= 15 is 0 Å². The lowest BCUT2D eigenvalue weighted by Gasteiger charge is -2.37. The zero-order chi connectivity index (χ0) is 12.8. The molecule has 3 N–H and O–H groups in total. The molecule has 96 valence electrons. The summed E-state index contributed by atoms with van der Waals surface area (Å²) in [4.78, 5) is 7.25. The number of nitrogens with one attached hydrogen (secondary N) is 1. The molecule has 0 aromatic carbocycles. The molecule has 1 aliphatic carbocycles. The molecule has 1 aliphatic rings. The monoisotopic (exact) mass is 251 g/mol. The average molecular weight is 251 g/mol. The maximum absolute atomic E-state index is 13.2. The van der Waals surface area contributed by atoms with Crippen LogP contribution in [0.2, 0.25) is 0 Å². The van der Waals surface area contributed by atoms with E-state index in [1.165, 1.54) is 0 Å². The molecule has 3 nitrogen and oxygen atoms in total. The Morgan fingerprint density at radius 3 is 2.67 bits per heavy atom. The van der Waals surface area contributed by atoms with Crippen molar-refractivity contribution in [2.75, 3.05) is 0 Å². The Kier molecular flexibility index (Phi) is 2.41. The Labute approximate surface area is 103 Å². The fraction of sp³-hybridized carbons (Fsp3) is 0.462. The predicted molar refractivity (Wildman–Crippen MR) is 65.4 cm³/mol. The van der Waals surface area contributed by atoms with Crippen LogP contribution in [0.15, 0.2) is 24.5 Å². The van der Waals surface area contributed by atoms with E-state index < -0.39 is 11.5 Å². The quantitative estimate of drug-likeness (QED) is 0.818. The first kappa shape index (κ1) is 11.6. The molecule has 0 unspecified atom stereocenters. The Morgan fingerprint density at radius 1 is 1.22 bits per heavy atom. The van der Waals surface area contributed by atoms with Crippen molar-refractivity contribution in [1.82, 2.24) is 9.97 Å². The normalized spacial score (nSPS) is 22.2. The van der Waals surface area contributed by atoms with E-state index in [1.54, 1.807) is 12.4 Å². The number of nitrogens with zero attached hydrogens (tertiary/aromatic N) is 1. The van der Waals surface area contributed by atoms with Crippen molar-refractivity contribution in [2.45, 2.75) is 37.1 Å². The fourth-order valence-corrected chi connectivity index (χ4v) is 2.70. The highest BCUT2D eigenvalue weighted by atomic mass is 19.3. The molecule has 1 fully saturated rings. The molecule has 0 spiro atoms. The second kappa shape index (κ2) is 3.75. The maximum Gasteiger partial charge on any atom is 0.248 e. The number of nitrogens with two attached hydrogens (primary N) is 1. The van der Waals surface area contributed by atoms with Gasteiger partial charge in [-0.3, -0.25) is 0 Å². The van der Waals surface area contributed by atoms with E-state index in [2.05, 4.69) is 9.97 Å². The zero-order valence-electron chi connectivity index (χ0n) is 9.92. The number of fused-ring (bicyclic) bond motifs is 1. The molecule has 18 heavy (non-hydrogen) atoms. The van der Waals surface area contributed by atoms with Gasteiger partial charge < -0.3 is 10.7 Å². The molecule has 0 radical (unpaired) electrons. The van der Waals surface area contributed by atoms with Gasteiger partial charge in [0.2, 0.25) is 5.92 Å². The zero-order valence-corrected chi connectivity index (χ0v) is 9.92. The van der Waals surface area contributed by atoms with Crippen LogP contribution in [0.5, 0.6) is 0 Å². The van der Waals surface area contributed by atoms with Crippen LogP contribution in [-0.2, 0) is 5.54 Å². The first-order chi connectivity index (χ1) is 8.50. The molecule has 1 saturated carbocycles. The van der Waals surface area contributed by atoms with Gasteiger partial charge in [-0.2, -0.15) is 0 Å². The van der Waals surface area contributed by atoms with Gasteiger partial charge in [0.05, 0.1) is 0 Å². The topological polar surface area (TPSA) is 54.7 Å². The van der Waals surface area contributed by atoms with Crippen LogP contribution in [0.25, 0.3) is 11.0 Å². The van der Waals surface area contributed by atoms with Crippen LogP contribution in [0.4, 0.5) is 8.78 Å². The minimum Gasteiger partial charge on any atom is -0.346 e. The fourth-order valence-electron chi connectivity index (χ4n) is 2.70. The minimum atomic E-state index is -2.56. The van der Waals surface area contributed by atoms with Gasteiger partial charge >= 0.3 is 0 Å². The van der Waals surface area contributed by atoms with Crippen molar-refractivity contribution in [3.05, 3.63) is 30.1 Å². The number of halogens is 2. The highest BCUT2D eigenvalue weighted by Gasteiger charge is 2.42. The lowest BCUT2D eigenvalue weighted by atomic mass is 9.76. The number of pyridine rings is 1. The van der Waals surface area contributed by atoms with E-state index in [4.69, 9.17) is 5.73 Å². The average Bonchev–Trinajstić information content (AvgIpc) is 2.78.